The topological polar surface area (TPSA) is 50.1 Å². The predicted molar refractivity (Wildman–Crippen MR) is 101 cm³/mol. The van der Waals surface area contributed by atoms with Gasteiger partial charge < -0.3 is 4.90 Å². The summed E-state index contributed by atoms with van der Waals surface area (Å²) in [4.78, 5) is 4.86. The van der Waals surface area contributed by atoms with Crippen molar-refractivity contribution in [2.24, 2.45) is 0 Å². The van der Waals surface area contributed by atoms with Crippen molar-refractivity contribution in [3.05, 3.63) is 77.6 Å². The van der Waals surface area contributed by atoms with Crippen LogP contribution in [0.15, 0.2) is 60.7 Å². The van der Waals surface area contributed by atoms with E-state index in [-0.39, 0.29) is 6.04 Å². The molecule has 6 nitrogen and oxygen atoms in total. The summed E-state index contributed by atoms with van der Waals surface area (Å²) in [5.74, 6) is 0.907. The zero-order valence-corrected chi connectivity index (χ0v) is 15.1. The Hall–Kier alpha value is -2.57. The molecule has 1 atom stereocenters. The largest absolute Gasteiger partial charge is 0.304 e. The van der Waals surface area contributed by atoms with Crippen LogP contribution in [0.4, 0.5) is 0 Å². The highest BCUT2D eigenvalue weighted by Crippen LogP contribution is 2.28. The van der Waals surface area contributed by atoms with Crippen LogP contribution in [0.5, 0.6) is 0 Å². The van der Waals surface area contributed by atoms with Crippen LogP contribution in [0.1, 0.15) is 23.0 Å². The van der Waals surface area contributed by atoms with Gasteiger partial charge in [0.15, 0.2) is 5.82 Å². The second kappa shape index (κ2) is 7.76. The maximum atomic E-state index is 4.43. The number of rotatable bonds is 5. The molecule has 0 saturated carbocycles. The van der Waals surface area contributed by atoms with Crippen LogP contribution in [0, 0.1) is 0 Å². The Morgan fingerprint density at radius 3 is 2.23 bits per heavy atom. The minimum atomic E-state index is 0.0728. The second-order valence-corrected chi connectivity index (χ2v) is 6.83. The summed E-state index contributed by atoms with van der Waals surface area (Å²) < 4.78 is 1.94. The van der Waals surface area contributed by atoms with Gasteiger partial charge in [-0.25, -0.2) is 4.68 Å². The number of hydrogen-bond donors (Lipinski definition) is 0. The fraction of sp³-hybridized carbons (Fsp3) is 0.350. The van der Waals surface area contributed by atoms with Gasteiger partial charge in [-0.15, -0.1) is 5.10 Å². The highest BCUT2D eigenvalue weighted by atomic mass is 15.6. The molecule has 0 spiro atoms. The van der Waals surface area contributed by atoms with Gasteiger partial charge in [0.1, 0.15) is 0 Å². The maximum absolute atomic E-state index is 4.43. The quantitative estimate of drug-likeness (QED) is 0.706. The van der Waals surface area contributed by atoms with Crippen molar-refractivity contribution in [2.45, 2.75) is 12.6 Å². The van der Waals surface area contributed by atoms with Crippen LogP contribution in [0.25, 0.3) is 0 Å². The minimum Gasteiger partial charge on any atom is -0.304 e. The molecule has 1 fully saturated rings. The SMILES string of the molecule is CN1CCN([C@H](c2ccccc2)c2nnnn2Cc2ccccc2)CC1. The predicted octanol–water partition coefficient (Wildman–Crippen LogP) is 2.06. The lowest BCUT2D eigenvalue weighted by molar-refractivity contribution is 0.121. The van der Waals surface area contributed by atoms with Gasteiger partial charge in [0.25, 0.3) is 0 Å². The molecule has 0 radical (unpaired) electrons. The lowest BCUT2D eigenvalue weighted by atomic mass is 10.0. The molecule has 0 aliphatic carbocycles. The van der Waals surface area contributed by atoms with Gasteiger partial charge in [-0.1, -0.05) is 60.7 Å². The van der Waals surface area contributed by atoms with Crippen molar-refractivity contribution in [1.82, 2.24) is 30.0 Å². The van der Waals surface area contributed by atoms with Crippen molar-refractivity contribution in [2.75, 3.05) is 33.2 Å². The number of nitrogens with zero attached hydrogens (tertiary/aromatic N) is 6. The van der Waals surface area contributed by atoms with E-state index in [1.54, 1.807) is 0 Å². The van der Waals surface area contributed by atoms with Crippen LogP contribution in [-0.2, 0) is 6.54 Å². The molecule has 26 heavy (non-hydrogen) atoms. The summed E-state index contributed by atoms with van der Waals surface area (Å²) in [7, 11) is 2.17. The number of piperazine rings is 1. The average Bonchev–Trinajstić information content (AvgIpc) is 3.13. The molecule has 3 aromatic rings. The Kier molecular flexibility index (Phi) is 5.04. The highest BCUT2D eigenvalue weighted by Gasteiger charge is 2.29. The molecule has 1 aromatic heterocycles. The van der Waals surface area contributed by atoms with Crippen molar-refractivity contribution >= 4 is 0 Å². The van der Waals surface area contributed by atoms with E-state index < -0.39 is 0 Å². The van der Waals surface area contributed by atoms with Crippen molar-refractivity contribution in [3.63, 3.8) is 0 Å². The van der Waals surface area contributed by atoms with Gasteiger partial charge in [-0.3, -0.25) is 4.90 Å². The molecule has 6 heteroatoms. The summed E-state index contributed by atoms with van der Waals surface area (Å²) in [6.45, 7) is 4.82. The van der Waals surface area contributed by atoms with E-state index in [0.29, 0.717) is 6.54 Å². The lowest BCUT2D eigenvalue weighted by Crippen LogP contribution is -2.46. The van der Waals surface area contributed by atoms with E-state index in [1.807, 2.05) is 10.7 Å². The van der Waals surface area contributed by atoms with Crippen LogP contribution in [0.2, 0.25) is 0 Å². The molecular weight excluding hydrogens is 324 g/mol. The molecule has 0 unspecified atom stereocenters. The molecule has 2 heterocycles. The van der Waals surface area contributed by atoms with Crippen molar-refractivity contribution < 1.29 is 0 Å². The Labute approximate surface area is 154 Å². The zero-order chi connectivity index (χ0) is 17.8. The first-order valence-corrected chi connectivity index (χ1v) is 9.09. The first-order chi connectivity index (χ1) is 12.8. The summed E-state index contributed by atoms with van der Waals surface area (Å²) in [5.41, 5.74) is 2.44. The first-order valence-electron chi connectivity index (χ1n) is 9.09. The first kappa shape index (κ1) is 16.9. The molecule has 0 N–H and O–H groups in total. The van der Waals surface area contributed by atoms with Gasteiger partial charge in [-0.2, -0.15) is 0 Å². The Morgan fingerprint density at radius 2 is 1.54 bits per heavy atom. The van der Waals surface area contributed by atoms with Crippen LogP contribution < -0.4 is 0 Å². The lowest BCUT2D eigenvalue weighted by Gasteiger charge is -2.37. The number of aromatic nitrogens is 4. The van der Waals surface area contributed by atoms with Crippen LogP contribution in [-0.4, -0.2) is 63.2 Å². The fourth-order valence-corrected chi connectivity index (χ4v) is 3.52. The fourth-order valence-electron chi connectivity index (χ4n) is 3.52. The molecule has 1 aliphatic heterocycles. The van der Waals surface area contributed by atoms with Crippen LogP contribution >= 0.6 is 0 Å². The summed E-state index contributed by atoms with van der Waals surface area (Å²) in [6.07, 6.45) is 0. The van der Waals surface area contributed by atoms with Gasteiger partial charge in [0.2, 0.25) is 0 Å². The summed E-state index contributed by atoms with van der Waals surface area (Å²) in [5, 5.41) is 12.7. The third-order valence-corrected chi connectivity index (χ3v) is 5.00. The van der Waals surface area contributed by atoms with Gasteiger partial charge >= 0.3 is 0 Å². The normalized spacial score (nSPS) is 17.3. The van der Waals surface area contributed by atoms with E-state index >= 15 is 0 Å². The Morgan fingerprint density at radius 1 is 0.885 bits per heavy atom. The van der Waals surface area contributed by atoms with Crippen molar-refractivity contribution in [3.8, 4) is 0 Å². The molecular formula is C20H24N6. The number of benzene rings is 2. The summed E-state index contributed by atoms with van der Waals surface area (Å²) in [6, 6.07) is 21.0. The van der Waals surface area contributed by atoms with Crippen LogP contribution in [0.3, 0.4) is 0 Å². The standard InChI is InChI=1S/C20H24N6/c1-24-12-14-25(15-13-24)19(18-10-6-3-7-11-18)20-21-22-23-26(20)16-17-8-4-2-5-9-17/h2-11,19H,12-16H2,1H3/t19-/m1/s1. The zero-order valence-electron chi connectivity index (χ0n) is 15.1. The van der Waals surface area contributed by atoms with E-state index in [4.69, 9.17) is 0 Å². The summed E-state index contributed by atoms with van der Waals surface area (Å²) >= 11 is 0. The molecule has 4 rings (SSSR count). The Bertz CT molecular complexity index is 809. The van der Waals surface area contributed by atoms with Gasteiger partial charge in [0, 0.05) is 26.2 Å². The van der Waals surface area contributed by atoms with E-state index in [2.05, 4.69) is 87.0 Å². The molecule has 0 bridgehead atoms. The molecule has 1 aliphatic rings. The number of tetrazole rings is 1. The van der Waals surface area contributed by atoms with E-state index in [9.17, 15) is 0 Å². The van der Waals surface area contributed by atoms with E-state index in [1.165, 1.54) is 11.1 Å². The number of likely N-dealkylation sites (N-methyl/N-ethyl adjacent to an activating group) is 1. The minimum absolute atomic E-state index is 0.0728. The average molecular weight is 348 g/mol. The third kappa shape index (κ3) is 3.66. The van der Waals surface area contributed by atoms with E-state index in [0.717, 1.165) is 32.0 Å². The highest BCUT2D eigenvalue weighted by molar-refractivity contribution is 5.25. The molecule has 0 amide bonds. The Balaban J connectivity index is 1.67. The van der Waals surface area contributed by atoms with Crippen molar-refractivity contribution in [1.29, 1.82) is 0 Å². The number of hydrogen-bond acceptors (Lipinski definition) is 5. The molecule has 1 saturated heterocycles. The maximum Gasteiger partial charge on any atom is 0.173 e. The monoisotopic (exact) mass is 348 g/mol. The van der Waals surface area contributed by atoms with Gasteiger partial charge in [-0.05, 0) is 28.6 Å². The molecule has 134 valence electrons. The second-order valence-electron chi connectivity index (χ2n) is 6.83. The molecule has 2 aromatic carbocycles. The van der Waals surface area contributed by atoms with Gasteiger partial charge in [0.05, 0.1) is 12.6 Å². The smallest absolute Gasteiger partial charge is 0.173 e. The third-order valence-electron chi connectivity index (χ3n) is 5.00.